The van der Waals surface area contributed by atoms with Gasteiger partial charge in [-0.05, 0) is 0 Å². The topological polar surface area (TPSA) is 0 Å². The predicted molar refractivity (Wildman–Crippen MR) is 42.9 cm³/mol. The second-order valence-corrected chi connectivity index (χ2v) is 6.94. The van der Waals surface area contributed by atoms with E-state index in [4.69, 9.17) is 0 Å². The van der Waals surface area contributed by atoms with Gasteiger partial charge in [0.15, 0.2) is 0 Å². The van der Waals surface area contributed by atoms with Crippen molar-refractivity contribution >= 4 is 53.3 Å². The van der Waals surface area contributed by atoms with Gasteiger partial charge in [0, 0.05) is 0 Å². The fourth-order valence-corrected chi connectivity index (χ4v) is 2.76. The first-order chi connectivity index (χ1) is 3.48. The summed E-state index contributed by atoms with van der Waals surface area (Å²) in [5, 5.41) is 0. The van der Waals surface area contributed by atoms with E-state index in [-0.39, 0.29) is 0 Å². The molecule has 0 atom stereocenters. The van der Waals surface area contributed by atoms with Crippen molar-refractivity contribution in [3.05, 3.63) is 0 Å². The van der Waals surface area contributed by atoms with E-state index in [1.807, 2.05) is 0 Å². The van der Waals surface area contributed by atoms with E-state index >= 15 is 0 Å². The Bertz CT molecular complexity index is 101. The average Bonchev–Trinajstić information content (AvgIpc) is 1.62. The van der Waals surface area contributed by atoms with Crippen LogP contribution in [0, 0.1) is 5.41 Å². The Labute approximate surface area is 78.8 Å². The molecule has 0 fully saturated rings. The van der Waals surface area contributed by atoms with E-state index in [2.05, 4.69) is 64.8 Å². The molecule has 0 unspecified atom stereocenters. The molecular formula is C5H9PTe2. The van der Waals surface area contributed by atoms with Crippen LogP contribution in [0.3, 0.4) is 0 Å². The van der Waals surface area contributed by atoms with Gasteiger partial charge in [-0.15, -0.1) is 0 Å². The first kappa shape index (κ1) is 9.75. The molecule has 2 radical (unpaired) electrons. The molecular weight excluding hydrogens is 346 g/mol. The van der Waals surface area contributed by atoms with Crippen molar-refractivity contribution in [3.8, 4) is 0 Å². The van der Waals surface area contributed by atoms with Crippen molar-refractivity contribution in [2.45, 2.75) is 20.8 Å². The maximum atomic E-state index is 2.25. The molecule has 8 heavy (non-hydrogen) atoms. The quantitative estimate of drug-likeness (QED) is 0.455. The second-order valence-electron chi connectivity index (χ2n) is 2.65. The predicted octanol–water partition coefficient (Wildman–Crippen LogP) is 1.36. The van der Waals surface area contributed by atoms with Crippen molar-refractivity contribution in [2.24, 2.45) is 5.41 Å². The van der Waals surface area contributed by atoms with Crippen molar-refractivity contribution in [1.82, 2.24) is 0 Å². The zero-order valence-corrected chi connectivity index (χ0v) is 10.8. The van der Waals surface area contributed by atoms with Gasteiger partial charge in [-0.25, -0.2) is 0 Å². The molecule has 0 saturated carbocycles. The summed E-state index contributed by atoms with van der Waals surface area (Å²) in [6, 6.07) is 0. The van der Waals surface area contributed by atoms with Crippen molar-refractivity contribution in [2.75, 3.05) is 0 Å². The molecule has 0 spiro atoms. The van der Waals surface area contributed by atoms with Crippen LogP contribution in [0.1, 0.15) is 20.8 Å². The summed E-state index contributed by atoms with van der Waals surface area (Å²) in [6.45, 7) is 6.76. The SMILES string of the molecule is CC(C)(C)C([Te])=P[Te]. The fraction of sp³-hybridized carbons (Fsp3) is 0.800. The standard InChI is InChI=1S/C5H9PTe2/c1-5(2,3)4(7)6-8/h1-3H3. The number of hydrogen-bond acceptors (Lipinski definition) is 0. The van der Waals surface area contributed by atoms with Crippen LogP contribution in [0.2, 0.25) is 0 Å². The van der Waals surface area contributed by atoms with Crippen LogP contribution in [-0.4, -0.2) is 47.4 Å². The van der Waals surface area contributed by atoms with Crippen molar-refractivity contribution in [1.29, 1.82) is 0 Å². The minimum atomic E-state index is 0.420. The van der Waals surface area contributed by atoms with E-state index in [9.17, 15) is 0 Å². The monoisotopic (exact) mass is 360 g/mol. The first-order valence-corrected chi connectivity index (χ1v) is 7.46. The minimum absolute atomic E-state index is 0.420. The summed E-state index contributed by atoms with van der Waals surface area (Å²) in [6.07, 6.45) is 0. The third-order valence-corrected chi connectivity index (χ3v) is 9.01. The van der Waals surface area contributed by atoms with E-state index in [1.54, 1.807) is 3.34 Å². The van der Waals surface area contributed by atoms with Crippen LogP contribution in [0.5, 0.6) is 0 Å². The van der Waals surface area contributed by atoms with Crippen LogP contribution < -0.4 is 0 Å². The zero-order valence-electron chi connectivity index (χ0n) is 5.26. The van der Waals surface area contributed by atoms with Gasteiger partial charge >= 0.3 is 79.5 Å². The molecule has 0 aliphatic heterocycles. The van der Waals surface area contributed by atoms with Gasteiger partial charge in [-0.2, -0.15) is 0 Å². The molecule has 0 rings (SSSR count). The maximum absolute atomic E-state index is 2.25. The Morgan fingerprint density at radius 3 is 1.75 bits per heavy atom. The average molecular weight is 355 g/mol. The molecule has 0 aliphatic carbocycles. The molecule has 0 aliphatic rings. The summed E-state index contributed by atoms with van der Waals surface area (Å²) >= 11 is 4.26. The Kier molecular flexibility index (Phi) is 4.64. The summed E-state index contributed by atoms with van der Waals surface area (Å²) in [5.74, 6) is 1.44. The summed E-state index contributed by atoms with van der Waals surface area (Å²) < 4.78 is 1.57. The third-order valence-electron chi connectivity index (χ3n) is 0.725. The Balaban J connectivity index is 4.03. The van der Waals surface area contributed by atoms with Gasteiger partial charge in [0.05, 0.1) is 0 Å². The van der Waals surface area contributed by atoms with Gasteiger partial charge < -0.3 is 0 Å². The Morgan fingerprint density at radius 1 is 1.38 bits per heavy atom. The van der Waals surface area contributed by atoms with Crippen LogP contribution in [0.4, 0.5) is 0 Å². The summed E-state index contributed by atoms with van der Waals surface area (Å²) in [4.78, 5) is 0. The number of hydrogen-bond donors (Lipinski definition) is 0. The second kappa shape index (κ2) is 3.81. The Morgan fingerprint density at radius 2 is 1.75 bits per heavy atom. The first-order valence-electron chi connectivity index (χ1n) is 2.36. The van der Waals surface area contributed by atoms with Crippen LogP contribution in [0.15, 0.2) is 0 Å². The number of rotatable bonds is 0. The van der Waals surface area contributed by atoms with Gasteiger partial charge in [-0.1, -0.05) is 0 Å². The van der Waals surface area contributed by atoms with E-state index in [1.165, 1.54) is 5.90 Å². The van der Waals surface area contributed by atoms with Gasteiger partial charge in [0.1, 0.15) is 0 Å². The van der Waals surface area contributed by atoms with Gasteiger partial charge in [-0.3, -0.25) is 0 Å². The fourth-order valence-electron chi connectivity index (χ4n) is 0.137. The van der Waals surface area contributed by atoms with Gasteiger partial charge in [0.2, 0.25) is 0 Å². The molecule has 0 bridgehead atoms. The van der Waals surface area contributed by atoms with Crippen molar-refractivity contribution < 1.29 is 0 Å². The molecule has 0 heterocycles. The molecule has 0 amide bonds. The molecule has 0 aromatic heterocycles. The molecule has 46 valence electrons. The van der Waals surface area contributed by atoms with Crippen LogP contribution in [-0.2, 0) is 0 Å². The zero-order chi connectivity index (χ0) is 6.78. The van der Waals surface area contributed by atoms with Crippen molar-refractivity contribution in [3.63, 3.8) is 0 Å². The van der Waals surface area contributed by atoms with E-state index in [0.29, 0.717) is 5.41 Å². The third kappa shape index (κ3) is 3.71. The molecule has 3 heteroatoms. The Hall–Kier alpha value is 1.75. The summed E-state index contributed by atoms with van der Waals surface area (Å²) in [5.41, 5.74) is 0.420. The van der Waals surface area contributed by atoms with E-state index < -0.39 is 0 Å². The molecule has 0 nitrogen and oxygen atoms in total. The normalized spacial score (nSPS) is 14.4. The van der Waals surface area contributed by atoms with Crippen LogP contribution in [0.25, 0.3) is 0 Å². The molecule has 0 N–H and O–H groups in total. The van der Waals surface area contributed by atoms with E-state index in [0.717, 1.165) is 0 Å². The van der Waals surface area contributed by atoms with Crippen LogP contribution >= 0.6 is 5.90 Å². The summed E-state index contributed by atoms with van der Waals surface area (Å²) in [7, 11) is 0. The molecule has 0 saturated heterocycles. The molecule has 0 aromatic carbocycles. The molecule has 0 aromatic rings. The van der Waals surface area contributed by atoms with Gasteiger partial charge in [0.25, 0.3) is 0 Å².